The molecule has 2 N–H and O–H groups in total. The topological polar surface area (TPSA) is 66.4 Å². The maximum Gasteiger partial charge on any atom is 0.321 e. The van der Waals surface area contributed by atoms with E-state index in [1.807, 2.05) is 6.92 Å². The van der Waals surface area contributed by atoms with E-state index in [1.165, 1.54) is 39.0 Å². The Morgan fingerprint density at radius 2 is 1.52 bits per heavy atom. The van der Waals surface area contributed by atoms with Crippen molar-refractivity contribution < 1.29 is 14.7 Å². The van der Waals surface area contributed by atoms with Gasteiger partial charge < -0.3 is 5.11 Å². The molecule has 0 saturated carbocycles. The van der Waals surface area contributed by atoms with Gasteiger partial charge in [0.1, 0.15) is 11.8 Å². The number of hydrogen-bond donors (Lipinski definition) is 3. The van der Waals surface area contributed by atoms with Crippen LogP contribution in [0, 0.1) is 17.8 Å². The Hall–Kier alpha value is -0.550. The SMILES string of the molecule is CCC(C)CCCC(C)CCCC(C)C(N[C@@H](CS)C(=O)O)C(C)=O. The molecule has 0 aliphatic rings. The summed E-state index contributed by atoms with van der Waals surface area (Å²) in [4.78, 5) is 23.1. The van der Waals surface area contributed by atoms with Crippen molar-refractivity contribution in [3.8, 4) is 0 Å². The number of Topliss-reactive ketones (excluding diaryl/α,β-unsaturated/α-hetero) is 1. The van der Waals surface area contributed by atoms with Gasteiger partial charge in [-0.25, -0.2) is 0 Å². The second-order valence-corrected chi connectivity index (χ2v) is 8.15. The van der Waals surface area contributed by atoms with Gasteiger partial charge in [-0.05, 0) is 31.1 Å². The zero-order valence-electron chi connectivity index (χ0n) is 16.8. The lowest BCUT2D eigenvalue weighted by Gasteiger charge is -2.26. The van der Waals surface area contributed by atoms with Crippen molar-refractivity contribution >= 4 is 24.4 Å². The molecular weight excluding hydrogens is 334 g/mol. The molecule has 0 aromatic rings. The number of ketones is 1. The minimum absolute atomic E-state index is 0.00198. The molecule has 4 unspecified atom stereocenters. The molecule has 0 aromatic carbocycles. The van der Waals surface area contributed by atoms with E-state index in [0.717, 1.165) is 18.8 Å². The maximum atomic E-state index is 11.9. The standard InChI is InChI=1S/C20H39NO3S/c1-6-14(2)9-7-10-15(3)11-8-12-16(4)19(17(5)22)21-18(13-25)20(23)24/h14-16,18-19,21,25H,6-13H2,1-5H3,(H,23,24)/t14?,15?,16?,18-,19?/m0/s1. The first kappa shape index (κ1) is 24.5. The smallest absolute Gasteiger partial charge is 0.321 e. The van der Waals surface area contributed by atoms with Gasteiger partial charge in [0.05, 0.1) is 6.04 Å². The largest absolute Gasteiger partial charge is 0.480 e. The number of hydrogen-bond acceptors (Lipinski definition) is 4. The first-order chi connectivity index (χ1) is 11.7. The highest BCUT2D eigenvalue weighted by molar-refractivity contribution is 7.80. The fourth-order valence-corrected chi connectivity index (χ4v) is 3.48. The molecule has 25 heavy (non-hydrogen) atoms. The predicted octanol–water partition coefficient (Wildman–Crippen LogP) is 4.58. The highest BCUT2D eigenvalue weighted by Crippen LogP contribution is 2.21. The van der Waals surface area contributed by atoms with Crippen LogP contribution in [-0.2, 0) is 9.59 Å². The quantitative estimate of drug-likeness (QED) is 0.368. The average Bonchev–Trinajstić information content (AvgIpc) is 2.54. The predicted molar refractivity (Wildman–Crippen MR) is 108 cm³/mol. The molecule has 0 aliphatic carbocycles. The van der Waals surface area contributed by atoms with Gasteiger partial charge in [-0.3, -0.25) is 14.9 Å². The van der Waals surface area contributed by atoms with Crippen molar-refractivity contribution in [3.05, 3.63) is 0 Å². The van der Waals surface area contributed by atoms with Gasteiger partial charge in [0.25, 0.3) is 0 Å². The third kappa shape index (κ3) is 10.9. The first-order valence-corrected chi connectivity index (χ1v) is 10.5. The third-order valence-electron chi connectivity index (χ3n) is 5.32. The van der Waals surface area contributed by atoms with Gasteiger partial charge in [0, 0.05) is 5.75 Å². The van der Waals surface area contributed by atoms with Gasteiger partial charge in [0.15, 0.2) is 0 Å². The Morgan fingerprint density at radius 1 is 1.00 bits per heavy atom. The number of thiol groups is 1. The number of aliphatic carboxylic acids is 1. The average molecular weight is 374 g/mol. The van der Waals surface area contributed by atoms with Crippen LogP contribution < -0.4 is 5.32 Å². The van der Waals surface area contributed by atoms with Crippen LogP contribution in [0.25, 0.3) is 0 Å². The lowest BCUT2D eigenvalue weighted by atomic mass is 9.89. The summed E-state index contributed by atoms with van der Waals surface area (Å²) in [6.45, 7) is 10.4. The summed E-state index contributed by atoms with van der Waals surface area (Å²) in [6.07, 6.45) is 8.33. The highest BCUT2D eigenvalue weighted by atomic mass is 32.1. The third-order valence-corrected chi connectivity index (χ3v) is 5.68. The van der Waals surface area contributed by atoms with E-state index in [0.29, 0.717) is 5.92 Å². The number of carboxylic acids is 1. The van der Waals surface area contributed by atoms with Crippen LogP contribution in [0.4, 0.5) is 0 Å². The molecule has 0 fully saturated rings. The molecule has 0 aliphatic heterocycles. The van der Waals surface area contributed by atoms with E-state index >= 15 is 0 Å². The summed E-state index contributed by atoms with van der Waals surface area (Å²) in [5, 5.41) is 12.1. The van der Waals surface area contributed by atoms with Gasteiger partial charge in [0.2, 0.25) is 0 Å². The molecule has 4 nitrogen and oxygen atoms in total. The summed E-state index contributed by atoms with van der Waals surface area (Å²) < 4.78 is 0. The zero-order valence-corrected chi connectivity index (χ0v) is 17.6. The molecule has 5 atom stereocenters. The molecule has 0 aromatic heterocycles. The summed E-state index contributed by atoms with van der Waals surface area (Å²) in [6, 6.07) is -1.19. The van der Waals surface area contributed by atoms with Gasteiger partial charge in [-0.15, -0.1) is 0 Å². The Bertz CT molecular complexity index is 389. The van der Waals surface area contributed by atoms with Crippen LogP contribution >= 0.6 is 12.6 Å². The van der Waals surface area contributed by atoms with Gasteiger partial charge >= 0.3 is 5.97 Å². The molecule has 0 amide bonds. The second-order valence-electron chi connectivity index (χ2n) is 7.79. The number of carbonyl (C=O) groups excluding carboxylic acids is 1. The van der Waals surface area contributed by atoms with E-state index in [4.69, 9.17) is 5.11 Å². The van der Waals surface area contributed by atoms with Crippen molar-refractivity contribution in [2.45, 2.75) is 91.6 Å². The van der Waals surface area contributed by atoms with Crippen molar-refractivity contribution in [1.29, 1.82) is 0 Å². The minimum atomic E-state index is -0.955. The Labute approximate surface area is 159 Å². The molecule has 0 rings (SSSR count). The molecule has 0 radical (unpaired) electrons. The molecule has 148 valence electrons. The van der Waals surface area contributed by atoms with E-state index in [9.17, 15) is 9.59 Å². The van der Waals surface area contributed by atoms with Crippen molar-refractivity contribution in [2.75, 3.05) is 5.75 Å². The fraction of sp³-hybridized carbons (Fsp3) is 0.900. The van der Waals surface area contributed by atoms with Crippen LogP contribution in [0.15, 0.2) is 0 Å². The van der Waals surface area contributed by atoms with Crippen LogP contribution in [0.2, 0.25) is 0 Å². The second kappa shape index (κ2) is 13.6. The summed E-state index contributed by atoms with van der Waals surface area (Å²) in [5.74, 6) is 0.892. The molecule has 0 spiro atoms. The number of carbonyl (C=O) groups is 2. The zero-order chi connectivity index (χ0) is 19.4. The number of nitrogens with one attached hydrogen (secondary N) is 1. The van der Waals surface area contributed by atoms with E-state index in [2.05, 4.69) is 38.7 Å². The van der Waals surface area contributed by atoms with Crippen LogP contribution in [-0.4, -0.2) is 34.7 Å². The monoisotopic (exact) mass is 373 g/mol. The Morgan fingerprint density at radius 3 is 1.96 bits per heavy atom. The molecule has 0 saturated heterocycles. The van der Waals surface area contributed by atoms with Crippen LogP contribution in [0.5, 0.6) is 0 Å². The minimum Gasteiger partial charge on any atom is -0.480 e. The molecule has 0 bridgehead atoms. The first-order valence-electron chi connectivity index (χ1n) is 9.82. The van der Waals surface area contributed by atoms with E-state index < -0.39 is 18.1 Å². The van der Waals surface area contributed by atoms with Gasteiger partial charge in [-0.1, -0.05) is 66.2 Å². The van der Waals surface area contributed by atoms with Crippen molar-refractivity contribution in [3.63, 3.8) is 0 Å². The van der Waals surface area contributed by atoms with Crippen LogP contribution in [0.3, 0.4) is 0 Å². The van der Waals surface area contributed by atoms with Crippen LogP contribution in [0.1, 0.15) is 79.6 Å². The van der Waals surface area contributed by atoms with E-state index in [-0.39, 0.29) is 17.5 Å². The summed E-state index contributed by atoms with van der Waals surface area (Å²) in [5.41, 5.74) is 0. The number of carboxylic acid groups (broad SMARTS) is 1. The van der Waals surface area contributed by atoms with Crippen molar-refractivity contribution in [2.24, 2.45) is 17.8 Å². The molecule has 5 heteroatoms. The normalized spacial score (nSPS) is 17.5. The molecular formula is C20H39NO3S. The van der Waals surface area contributed by atoms with Crippen molar-refractivity contribution in [1.82, 2.24) is 5.32 Å². The lowest BCUT2D eigenvalue weighted by Crippen LogP contribution is -2.50. The maximum absolute atomic E-state index is 11.9. The lowest BCUT2D eigenvalue weighted by molar-refractivity contribution is -0.139. The Balaban J connectivity index is 4.24. The highest BCUT2D eigenvalue weighted by Gasteiger charge is 2.27. The fourth-order valence-electron chi connectivity index (χ4n) is 3.22. The summed E-state index contributed by atoms with van der Waals surface area (Å²) >= 11 is 4.06. The van der Waals surface area contributed by atoms with Gasteiger partial charge in [-0.2, -0.15) is 12.6 Å². The van der Waals surface area contributed by atoms with E-state index in [1.54, 1.807) is 0 Å². The Kier molecular flexibility index (Phi) is 13.3. The molecule has 0 heterocycles. The number of rotatable bonds is 15. The summed E-state index contributed by atoms with van der Waals surface area (Å²) in [7, 11) is 0.